The molecule has 2 atom stereocenters. The van der Waals surface area contributed by atoms with Crippen molar-refractivity contribution in [3.05, 3.63) is 69.9 Å². The molecule has 2 fully saturated rings. The summed E-state index contributed by atoms with van der Waals surface area (Å²) in [6.07, 6.45) is 6.20. The largest absolute Gasteiger partial charge is 0.444 e. The first-order chi connectivity index (χ1) is 19.6. The number of nitrogens with zero attached hydrogens (tertiary/aromatic N) is 2. The Morgan fingerprint density at radius 3 is 2.52 bits per heavy atom. The van der Waals surface area contributed by atoms with Crippen LogP contribution in [0.3, 0.4) is 0 Å². The van der Waals surface area contributed by atoms with E-state index in [1.165, 1.54) is 0 Å². The summed E-state index contributed by atoms with van der Waals surface area (Å²) < 4.78 is 5.29. The molecule has 11 heteroatoms. The van der Waals surface area contributed by atoms with Crippen LogP contribution in [0.2, 0.25) is 10.0 Å². The number of nitrogens with one attached hydrogen (secondary N) is 2. The highest BCUT2D eigenvalue weighted by molar-refractivity contribution is 6.42. The van der Waals surface area contributed by atoms with Gasteiger partial charge in [0.2, 0.25) is 11.8 Å². The van der Waals surface area contributed by atoms with E-state index in [-0.39, 0.29) is 30.4 Å². The lowest BCUT2D eigenvalue weighted by Gasteiger charge is -2.32. The number of amides is 3. The summed E-state index contributed by atoms with van der Waals surface area (Å²) in [6.45, 7) is 13.1. The van der Waals surface area contributed by atoms with E-state index in [4.69, 9.17) is 27.9 Å². The van der Waals surface area contributed by atoms with Crippen LogP contribution in [0, 0.1) is 0 Å². The van der Waals surface area contributed by atoms with Crippen LogP contribution in [0.4, 0.5) is 4.79 Å². The molecule has 3 amide bonds. The summed E-state index contributed by atoms with van der Waals surface area (Å²) in [5, 5.41) is 16.4. The molecule has 0 radical (unpaired) electrons. The number of carbonyl (C=O) groups is 3. The molecular weight excluding hydrogens is 579 g/mol. The van der Waals surface area contributed by atoms with Gasteiger partial charge in [0.05, 0.1) is 28.6 Å². The first kappa shape index (κ1) is 33.6. The lowest BCUT2D eigenvalue weighted by atomic mass is 10.0. The van der Waals surface area contributed by atoms with Crippen LogP contribution < -0.4 is 10.6 Å². The molecule has 230 valence electrons. The lowest BCUT2D eigenvalue weighted by molar-refractivity contribution is -0.130. The van der Waals surface area contributed by atoms with Gasteiger partial charge in [0.25, 0.3) is 0 Å². The second kappa shape index (κ2) is 14.1. The van der Waals surface area contributed by atoms with Crippen LogP contribution in [0.1, 0.15) is 52.5 Å². The monoisotopic (exact) mass is 620 g/mol. The maximum absolute atomic E-state index is 13.3. The van der Waals surface area contributed by atoms with E-state index >= 15 is 0 Å². The van der Waals surface area contributed by atoms with E-state index in [1.807, 2.05) is 6.08 Å². The molecule has 1 aliphatic carbocycles. The number of allylic oxidation sites excluding steroid dienone is 3. The minimum atomic E-state index is -0.965. The Kier molecular flexibility index (Phi) is 11.3. The van der Waals surface area contributed by atoms with Crippen molar-refractivity contribution in [3.8, 4) is 0 Å². The normalized spacial score (nSPS) is 19.3. The third kappa shape index (κ3) is 9.87. The Hall–Kier alpha value is -2.85. The van der Waals surface area contributed by atoms with Crippen LogP contribution in [0.15, 0.2) is 54.3 Å². The van der Waals surface area contributed by atoms with Crippen molar-refractivity contribution in [2.24, 2.45) is 0 Å². The van der Waals surface area contributed by atoms with Gasteiger partial charge >= 0.3 is 6.09 Å². The second-order valence-corrected chi connectivity index (χ2v) is 12.9. The summed E-state index contributed by atoms with van der Waals surface area (Å²) in [7, 11) is 1.74. The van der Waals surface area contributed by atoms with Gasteiger partial charge in [-0.3, -0.25) is 14.5 Å². The van der Waals surface area contributed by atoms with Gasteiger partial charge in [-0.25, -0.2) is 4.79 Å². The van der Waals surface area contributed by atoms with E-state index < -0.39 is 17.2 Å². The van der Waals surface area contributed by atoms with Gasteiger partial charge in [0.15, 0.2) is 0 Å². The van der Waals surface area contributed by atoms with E-state index in [0.29, 0.717) is 53.7 Å². The van der Waals surface area contributed by atoms with Gasteiger partial charge in [-0.1, -0.05) is 48.0 Å². The van der Waals surface area contributed by atoms with Crippen LogP contribution >= 0.6 is 23.2 Å². The maximum atomic E-state index is 13.3. The van der Waals surface area contributed by atoms with Gasteiger partial charge in [-0.05, 0) is 76.3 Å². The van der Waals surface area contributed by atoms with E-state index in [2.05, 4.69) is 22.1 Å². The zero-order valence-corrected chi connectivity index (χ0v) is 26.5. The molecular formula is C31H42Cl2N4O5. The molecule has 0 unspecified atom stereocenters. The van der Waals surface area contributed by atoms with Crippen molar-refractivity contribution in [1.29, 1.82) is 0 Å². The second-order valence-electron chi connectivity index (χ2n) is 12.1. The Balaban J connectivity index is 1.64. The molecule has 2 aliphatic rings. The standard InChI is InChI=1S/C31H42Cl2N4O5/c1-20(8-7-9-21(2)34-28(40)31(13-14-31)35-29(41)42-30(3,4)5)26(19-37-15-12-23(38)18-37)36(6)27(39)17-22-10-11-24(32)25(33)16-22/h7-11,16,23,26,38H,1,12-15,17-19H2,2-6H3,(H,34,40)(H,35,41)/b8-7-,21-9+/t23-,26+/m0/s1. The number of hydrogen-bond acceptors (Lipinski definition) is 6. The average molecular weight is 622 g/mol. The van der Waals surface area contributed by atoms with Crippen molar-refractivity contribution < 1.29 is 24.2 Å². The molecule has 3 N–H and O–H groups in total. The van der Waals surface area contributed by atoms with Gasteiger partial charge in [0, 0.05) is 32.4 Å². The van der Waals surface area contributed by atoms with E-state index in [0.717, 1.165) is 12.1 Å². The number of hydrogen-bond donors (Lipinski definition) is 3. The summed E-state index contributed by atoms with van der Waals surface area (Å²) in [5.74, 6) is -0.411. The molecule has 1 aliphatic heterocycles. The summed E-state index contributed by atoms with van der Waals surface area (Å²) in [6, 6.07) is 4.78. The third-order valence-corrected chi connectivity index (χ3v) is 7.94. The van der Waals surface area contributed by atoms with Crippen molar-refractivity contribution in [2.45, 2.75) is 76.7 Å². The molecule has 42 heavy (non-hydrogen) atoms. The number of aliphatic hydroxyl groups is 1. The van der Waals surface area contributed by atoms with Gasteiger partial charge in [0.1, 0.15) is 11.1 Å². The number of carbonyl (C=O) groups excluding carboxylic acids is 3. The molecule has 9 nitrogen and oxygen atoms in total. The highest BCUT2D eigenvalue weighted by atomic mass is 35.5. The minimum Gasteiger partial charge on any atom is -0.444 e. The van der Waals surface area contributed by atoms with Crippen LogP contribution in [0.5, 0.6) is 0 Å². The number of β-amino-alcohol motifs (C(OH)–C–C–N with tert-alkyl or cyclic N) is 1. The molecule has 3 rings (SSSR count). The fraction of sp³-hybridized carbons (Fsp3) is 0.516. The fourth-order valence-electron chi connectivity index (χ4n) is 4.63. The maximum Gasteiger partial charge on any atom is 0.408 e. The fourth-order valence-corrected chi connectivity index (χ4v) is 4.95. The minimum absolute atomic E-state index is 0.112. The van der Waals surface area contributed by atoms with Gasteiger partial charge in [-0.15, -0.1) is 0 Å². The first-order valence-electron chi connectivity index (χ1n) is 14.0. The predicted molar refractivity (Wildman–Crippen MR) is 165 cm³/mol. The Bertz CT molecular complexity index is 1250. The smallest absolute Gasteiger partial charge is 0.408 e. The molecule has 1 saturated carbocycles. The number of halogens is 2. The molecule has 0 bridgehead atoms. The summed E-state index contributed by atoms with van der Waals surface area (Å²) >= 11 is 12.2. The number of aliphatic hydroxyl groups excluding tert-OH is 1. The first-order valence-corrected chi connectivity index (χ1v) is 14.8. The molecule has 1 aromatic carbocycles. The molecule has 0 spiro atoms. The lowest BCUT2D eigenvalue weighted by Crippen LogP contribution is -2.49. The zero-order chi connectivity index (χ0) is 31.2. The SMILES string of the molecule is C=C(/C=C\C=C(/C)NC(=O)C1(NC(=O)OC(C)(C)C)CC1)[C@@H](CN1CC[C@H](O)C1)N(C)C(=O)Cc1ccc(Cl)c(Cl)c1. The van der Waals surface area contributed by atoms with Crippen molar-refractivity contribution in [2.75, 3.05) is 26.7 Å². The number of alkyl carbamates (subject to hydrolysis) is 1. The number of rotatable bonds is 11. The molecule has 0 aromatic heterocycles. The van der Waals surface area contributed by atoms with E-state index in [9.17, 15) is 19.5 Å². The Morgan fingerprint density at radius 2 is 1.95 bits per heavy atom. The number of likely N-dealkylation sites (N-methyl/N-ethyl adjacent to an activating group) is 1. The number of ether oxygens (including phenoxy) is 1. The van der Waals surface area contributed by atoms with Crippen molar-refractivity contribution in [1.82, 2.24) is 20.4 Å². The van der Waals surface area contributed by atoms with Crippen molar-refractivity contribution >= 4 is 41.1 Å². The number of benzene rings is 1. The highest BCUT2D eigenvalue weighted by Crippen LogP contribution is 2.36. The molecule has 1 aromatic rings. The third-order valence-electron chi connectivity index (χ3n) is 7.20. The summed E-state index contributed by atoms with van der Waals surface area (Å²) in [5.41, 5.74) is 0.412. The topological polar surface area (TPSA) is 111 Å². The Labute approximate surface area is 258 Å². The van der Waals surface area contributed by atoms with Crippen molar-refractivity contribution in [3.63, 3.8) is 0 Å². The predicted octanol–water partition coefficient (Wildman–Crippen LogP) is 4.62. The summed E-state index contributed by atoms with van der Waals surface area (Å²) in [4.78, 5) is 42.1. The number of likely N-dealkylation sites (tertiary alicyclic amines) is 1. The quantitative estimate of drug-likeness (QED) is 0.311. The molecule has 1 saturated heterocycles. The van der Waals surface area contributed by atoms with Gasteiger partial charge in [-0.2, -0.15) is 0 Å². The Morgan fingerprint density at radius 1 is 1.26 bits per heavy atom. The van der Waals surface area contributed by atoms with Gasteiger partial charge < -0.3 is 25.4 Å². The van der Waals surface area contributed by atoms with Crippen LogP contribution in [0.25, 0.3) is 0 Å². The average Bonchev–Trinajstić information content (AvgIpc) is 3.54. The zero-order valence-electron chi connectivity index (χ0n) is 25.0. The molecule has 1 heterocycles. The highest BCUT2D eigenvalue weighted by Gasteiger charge is 2.52. The van der Waals surface area contributed by atoms with E-state index in [1.54, 1.807) is 70.0 Å². The van der Waals surface area contributed by atoms with Crippen LogP contribution in [-0.2, 0) is 20.7 Å². The van der Waals surface area contributed by atoms with Crippen LogP contribution in [-0.4, -0.2) is 82.8 Å².